The predicted molar refractivity (Wildman–Crippen MR) is 108 cm³/mol. The molecule has 0 aliphatic carbocycles. The average molecular weight is 411 g/mol. The smallest absolute Gasteiger partial charge is 0.326 e. The van der Waals surface area contributed by atoms with Gasteiger partial charge in [0.05, 0.1) is 0 Å². The van der Waals surface area contributed by atoms with Gasteiger partial charge in [0.25, 0.3) is 0 Å². The fourth-order valence-corrected chi connectivity index (χ4v) is 2.49. The average Bonchev–Trinajstić information content (AvgIpc) is 2.64. The third-order valence-corrected chi connectivity index (χ3v) is 3.67. The van der Waals surface area contributed by atoms with Crippen LogP contribution in [0.3, 0.4) is 0 Å². The molecule has 0 radical (unpaired) electrons. The topological polar surface area (TPSA) is 55.1 Å². The summed E-state index contributed by atoms with van der Waals surface area (Å²) in [5.41, 5.74) is 8.08. The Balaban J connectivity index is 0. The van der Waals surface area contributed by atoms with E-state index in [-0.39, 0.29) is 6.92 Å². The molecule has 1 aliphatic heterocycles. The lowest BCUT2D eigenvalue weighted by Crippen LogP contribution is -2.30. The van der Waals surface area contributed by atoms with Gasteiger partial charge in [0.1, 0.15) is 6.29 Å². The van der Waals surface area contributed by atoms with Gasteiger partial charge in [0.2, 0.25) is 0 Å². The summed E-state index contributed by atoms with van der Waals surface area (Å²) in [5.74, 6) is 0.295. The predicted octanol–water partition coefficient (Wildman–Crippen LogP) is 5.53. The van der Waals surface area contributed by atoms with Gasteiger partial charge in [-0.25, -0.2) is 0 Å². The standard InChI is InChI=1S/C10H14ClN.C6H11NO.C2H3F3.C2H6/c1-2-3-8-6-10(11)5-4-9(8)7-12;8-5-6-2-1-3-7-4-6;1-2(3,4)5;1-2/h4-6H,2-3,7,12H2,1H3;5-7H,1-4H2;1H3;1-2H3. The highest BCUT2D eigenvalue weighted by atomic mass is 35.5. The summed E-state index contributed by atoms with van der Waals surface area (Å²) >= 11 is 5.87. The second kappa shape index (κ2) is 17.0. The number of aldehydes is 1. The minimum Gasteiger partial charge on any atom is -0.326 e. The monoisotopic (exact) mass is 410 g/mol. The third-order valence-electron chi connectivity index (χ3n) is 3.44. The van der Waals surface area contributed by atoms with Crippen molar-refractivity contribution in [2.45, 2.75) is 66.1 Å². The van der Waals surface area contributed by atoms with E-state index in [1.54, 1.807) is 0 Å². The van der Waals surface area contributed by atoms with Gasteiger partial charge in [-0.1, -0.05) is 44.9 Å². The van der Waals surface area contributed by atoms with Crippen LogP contribution < -0.4 is 11.1 Å². The fourth-order valence-electron chi connectivity index (χ4n) is 2.29. The summed E-state index contributed by atoms with van der Waals surface area (Å²) in [6, 6.07) is 5.91. The van der Waals surface area contributed by atoms with Gasteiger partial charge < -0.3 is 15.8 Å². The Labute approximate surface area is 166 Å². The van der Waals surface area contributed by atoms with Crippen LogP contribution in [0.2, 0.25) is 5.02 Å². The number of nitrogens with two attached hydrogens (primary N) is 1. The van der Waals surface area contributed by atoms with Crippen LogP contribution in [-0.2, 0) is 17.8 Å². The Morgan fingerprint density at radius 2 is 1.89 bits per heavy atom. The highest BCUT2D eigenvalue weighted by molar-refractivity contribution is 6.30. The lowest BCUT2D eigenvalue weighted by Gasteiger charge is -2.16. The van der Waals surface area contributed by atoms with Crippen LogP contribution in [0, 0.1) is 5.92 Å². The molecule has 27 heavy (non-hydrogen) atoms. The molecule has 158 valence electrons. The minimum absolute atomic E-state index is 0.188. The summed E-state index contributed by atoms with van der Waals surface area (Å²) in [5, 5.41) is 3.96. The highest BCUT2D eigenvalue weighted by Gasteiger charge is 2.15. The van der Waals surface area contributed by atoms with E-state index in [2.05, 4.69) is 12.2 Å². The molecule has 0 spiro atoms. The molecule has 0 aromatic heterocycles. The van der Waals surface area contributed by atoms with Crippen molar-refractivity contribution in [1.29, 1.82) is 0 Å². The maximum Gasteiger partial charge on any atom is 0.386 e. The molecule has 1 aliphatic rings. The number of rotatable bonds is 4. The molecule has 2 rings (SSSR count). The zero-order chi connectivity index (χ0) is 21.3. The zero-order valence-electron chi connectivity index (χ0n) is 16.8. The molecular weight excluding hydrogens is 377 g/mol. The first-order chi connectivity index (χ1) is 12.7. The van der Waals surface area contributed by atoms with E-state index in [1.807, 2.05) is 32.0 Å². The van der Waals surface area contributed by atoms with E-state index in [0.29, 0.717) is 12.5 Å². The number of carbonyl (C=O) groups is 1. The summed E-state index contributed by atoms with van der Waals surface area (Å²) in [4.78, 5) is 10.1. The van der Waals surface area contributed by atoms with Crippen LogP contribution in [-0.4, -0.2) is 25.6 Å². The Morgan fingerprint density at radius 3 is 2.26 bits per heavy atom. The van der Waals surface area contributed by atoms with E-state index in [0.717, 1.165) is 50.1 Å². The number of nitrogens with one attached hydrogen (secondary N) is 1. The van der Waals surface area contributed by atoms with E-state index in [1.165, 1.54) is 11.1 Å². The quantitative estimate of drug-likeness (QED) is 0.641. The molecule has 1 atom stereocenters. The number of alkyl halides is 3. The molecular formula is C20H34ClF3N2O. The first kappa shape index (κ1) is 28.1. The molecule has 3 N–H and O–H groups in total. The van der Waals surface area contributed by atoms with Gasteiger partial charge in [0, 0.05) is 31.0 Å². The number of halogens is 4. The zero-order valence-corrected chi connectivity index (χ0v) is 17.6. The number of carbonyl (C=O) groups excluding carboxylic acids is 1. The molecule has 1 unspecified atom stereocenters. The summed E-state index contributed by atoms with van der Waals surface area (Å²) < 4.78 is 31.1. The van der Waals surface area contributed by atoms with Crippen molar-refractivity contribution < 1.29 is 18.0 Å². The molecule has 1 saturated heterocycles. The number of piperidine rings is 1. The molecule has 1 aromatic rings. The van der Waals surface area contributed by atoms with Gasteiger partial charge >= 0.3 is 6.18 Å². The van der Waals surface area contributed by atoms with Crippen molar-refractivity contribution in [2.75, 3.05) is 13.1 Å². The van der Waals surface area contributed by atoms with E-state index in [4.69, 9.17) is 17.3 Å². The third kappa shape index (κ3) is 18.0. The van der Waals surface area contributed by atoms with Crippen molar-refractivity contribution in [3.63, 3.8) is 0 Å². The molecule has 1 fully saturated rings. The van der Waals surface area contributed by atoms with E-state index in [9.17, 15) is 18.0 Å². The molecule has 0 saturated carbocycles. The van der Waals surface area contributed by atoms with Crippen molar-refractivity contribution in [1.82, 2.24) is 5.32 Å². The lowest BCUT2D eigenvalue weighted by atomic mass is 10.0. The van der Waals surface area contributed by atoms with Crippen LogP contribution in [0.5, 0.6) is 0 Å². The van der Waals surface area contributed by atoms with Crippen molar-refractivity contribution in [2.24, 2.45) is 11.7 Å². The number of aryl methyl sites for hydroxylation is 1. The fraction of sp³-hybridized carbons (Fsp3) is 0.650. The Hall–Kier alpha value is -1.11. The first-order valence-electron chi connectivity index (χ1n) is 9.41. The summed E-state index contributed by atoms with van der Waals surface area (Å²) in [6.45, 7) is 8.93. The molecule has 1 aromatic carbocycles. The number of benzene rings is 1. The van der Waals surface area contributed by atoms with Crippen molar-refractivity contribution >= 4 is 17.9 Å². The van der Waals surface area contributed by atoms with Crippen molar-refractivity contribution in [3.8, 4) is 0 Å². The molecule has 0 bridgehead atoms. The second-order valence-corrected chi connectivity index (χ2v) is 6.33. The normalized spacial score (nSPS) is 15.8. The van der Waals surface area contributed by atoms with E-state index < -0.39 is 6.18 Å². The SMILES string of the molecule is CC.CC(F)(F)F.CCCc1cc(Cl)ccc1CN.O=CC1CCCNC1. The van der Waals surface area contributed by atoms with Crippen LogP contribution >= 0.6 is 11.6 Å². The molecule has 0 amide bonds. The molecule has 1 heterocycles. The Bertz CT molecular complexity index is 485. The maximum atomic E-state index is 10.4. The lowest BCUT2D eigenvalue weighted by molar-refractivity contribution is -0.111. The van der Waals surface area contributed by atoms with Gasteiger partial charge in [-0.15, -0.1) is 0 Å². The van der Waals surface area contributed by atoms with Crippen LogP contribution in [0.1, 0.15) is 58.1 Å². The Morgan fingerprint density at radius 1 is 1.30 bits per heavy atom. The number of hydrogen-bond donors (Lipinski definition) is 2. The molecule has 7 heteroatoms. The van der Waals surface area contributed by atoms with Gasteiger partial charge in [-0.2, -0.15) is 13.2 Å². The van der Waals surface area contributed by atoms with Crippen LogP contribution in [0.4, 0.5) is 13.2 Å². The summed E-state index contributed by atoms with van der Waals surface area (Å²) in [7, 11) is 0. The Kier molecular flexibility index (Phi) is 17.7. The number of hydrogen-bond acceptors (Lipinski definition) is 3. The first-order valence-corrected chi connectivity index (χ1v) is 9.79. The van der Waals surface area contributed by atoms with E-state index >= 15 is 0 Å². The van der Waals surface area contributed by atoms with Crippen LogP contribution in [0.15, 0.2) is 18.2 Å². The van der Waals surface area contributed by atoms with Crippen molar-refractivity contribution in [3.05, 3.63) is 34.3 Å². The van der Waals surface area contributed by atoms with Gasteiger partial charge in [-0.05, 0) is 49.1 Å². The highest BCUT2D eigenvalue weighted by Crippen LogP contribution is 2.17. The van der Waals surface area contributed by atoms with Gasteiger partial charge in [0.15, 0.2) is 0 Å². The molecule has 3 nitrogen and oxygen atoms in total. The minimum atomic E-state index is -4.00. The summed E-state index contributed by atoms with van der Waals surface area (Å²) in [6.07, 6.45) is 1.48. The van der Waals surface area contributed by atoms with Crippen LogP contribution in [0.25, 0.3) is 0 Å². The second-order valence-electron chi connectivity index (χ2n) is 5.89. The van der Waals surface area contributed by atoms with Gasteiger partial charge in [-0.3, -0.25) is 0 Å². The largest absolute Gasteiger partial charge is 0.386 e. The maximum absolute atomic E-state index is 10.4.